The zero-order chi connectivity index (χ0) is 21.8. The number of amidine groups is 1. The van der Waals surface area contributed by atoms with Gasteiger partial charge in [-0.1, -0.05) is 0 Å². The molecule has 30 heavy (non-hydrogen) atoms. The smallest absolute Gasteiger partial charge is 0.330 e. The summed E-state index contributed by atoms with van der Waals surface area (Å²) in [6.45, 7) is 3.89. The quantitative estimate of drug-likeness (QED) is 0.218. The molecule has 9 heteroatoms. The van der Waals surface area contributed by atoms with Crippen molar-refractivity contribution in [2.45, 2.75) is 19.9 Å². The van der Waals surface area contributed by atoms with Gasteiger partial charge < -0.3 is 26.1 Å². The highest BCUT2D eigenvalue weighted by molar-refractivity contribution is 5.95. The van der Waals surface area contributed by atoms with Crippen molar-refractivity contribution < 1.29 is 19.8 Å². The number of aliphatic carboxylic acids is 1. The molecule has 1 unspecified atom stereocenters. The molecule has 0 amide bonds. The van der Waals surface area contributed by atoms with Crippen molar-refractivity contribution in [2.75, 3.05) is 11.9 Å². The topological polar surface area (TPSA) is 146 Å². The molecule has 9 nitrogen and oxygen atoms in total. The highest BCUT2D eigenvalue weighted by Gasteiger charge is 2.22. The zero-order valence-corrected chi connectivity index (χ0v) is 16.6. The van der Waals surface area contributed by atoms with Crippen molar-refractivity contribution >= 4 is 17.5 Å². The molecule has 1 heterocycles. The summed E-state index contributed by atoms with van der Waals surface area (Å²) in [4.78, 5) is 16.1. The Bertz CT molecular complexity index is 1080. The third kappa shape index (κ3) is 4.35. The fourth-order valence-electron chi connectivity index (χ4n) is 3.02. The number of nitrogen functional groups attached to an aromatic ring is 1. The summed E-state index contributed by atoms with van der Waals surface area (Å²) in [5.41, 5.74) is 7.99. The van der Waals surface area contributed by atoms with Crippen LogP contribution in [-0.2, 0) is 4.79 Å². The van der Waals surface area contributed by atoms with Gasteiger partial charge in [-0.05, 0) is 61.9 Å². The number of aryl methyl sites for hydroxylation is 1. The maximum atomic E-state index is 12.0. The summed E-state index contributed by atoms with van der Waals surface area (Å²) in [5.74, 6) is -0.268. The molecule has 1 atom stereocenters. The summed E-state index contributed by atoms with van der Waals surface area (Å²) in [6.07, 6.45) is 1.51. The fraction of sp³-hybridized carbons (Fsp3) is 0.190. The lowest BCUT2D eigenvalue weighted by atomic mass is 10.0. The van der Waals surface area contributed by atoms with Crippen molar-refractivity contribution in [3.8, 4) is 17.0 Å². The van der Waals surface area contributed by atoms with Gasteiger partial charge in [-0.3, -0.25) is 5.41 Å². The monoisotopic (exact) mass is 409 g/mol. The number of nitrogens with zero attached hydrogens (tertiary/aromatic N) is 2. The van der Waals surface area contributed by atoms with Crippen LogP contribution in [0.5, 0.6) is 5.75 Å². The first-order valence-corrected chi connectivity index (χ1v) is 9.25. The largest absolute Gasteiger partial charge is 0.494 e. The summed E-state index contributed by atoms with van der Waals surface area (Å²) in [7, 11) is 0. The van der Waals surface area contributed by atoms with Gasteiger partial charge in [0.2, 0.25) is 0 Å². The zero-order valence-electron chi connectivity index (χ0n) is 16.6. The van der Waals surface area contributed by atoms with Gasteiger partial charge in [0.1, 0.15) is 23.1 Å². The van der Waals surface area contributed by atoms with Crippen LogP contribution in [0.1, 0.15) is 29.9 Å². The molecule has 0 bridgehead atoms. The maximum Gasteiger partial charge on any atom is 0.330 e. The average Bonchev–Trinajstić information content (AvgIpc) is 3.05. The SMILES string of the molecule is CCOc1cc(-c2cnc(C)n2O)cc(C(Nc2ccc(C(=N)N)cc2)C(=O)O)c1. The Morgan fingerprint density at radius 1 is 1.30 bits per heavy atom. The average molecular weight is 409 g/mol. The highest BCUT2D eigenvalue weighted by atomic mass is 16.5. The number of aromatic nitrogens is 2. The van der Waals surface area contributed by atoms with Gasteiger partial charge in [-0.25, -0.2) is 9.78 Å². The molecule has 156 valence electrons. The molecule has 0 spiro atoms. The molecule has 0 aliphatic rings. The Kier molecular flexibility index (Phi) is 5.91. The molecule has 0 radical (unpaired) electrons. The third-order valence-electron chi connectivity index (χ3n) is 4.53. The number of carboxylic acid groups (broad SMARTS) is 1. The third-order valence-corrected chi connectivity index (χ3v) is 4.53. The minimum absolute atomic E-state index is 0.0682. The Morgan fingerprint density at radius 2 is 2.00 bits per heavy atom. The van der Waals surface area contributed by atoms with Crippen LogP contribution in [0.15, 0.2) is 48.7 Å². The molecule has 0 fully saturated rings. The van der Waals surface area contributed by atoms with Crippen LogP contribution in [0.25, 0.3) is 11.3 Å². The van der Waals surface area contributed by atoms with Crippen molar-refractivity contribution in [1.82, 2.24) is 9.71 Å². The van der Waals surface area contributed by atoms with Crippen LogP contribution >= 0.6 is 0 Å². The van der Waals surface area contributed by atoms with E-state index in [1.165, 1.54) is 6.20 Å². The van der Waals surface area contributed by atoms with Crippen molar-refractivity contribution in [3.05, 3.63) is 65.6 Å². The van der Waals surface area contributed by atoms with Crippen LogP contribution < -0.4 is 15.8 Å². The van der Waals surface area contributed by atoms with E-state index < -0.39 is 12.0 Å². The molecule has 2 aromatic carbocycles. The molecule has 3 aromatic rings. The number of carboxylic acids is 1. The van der Waals surface area contributed by atoms with E-state index in [-0.39, 0.29) is 5.84 Å². The summed E-state index contributed by atoms with van der Waals surface area (Å²) in [5, 5.41) is 30.5. The van der Waals surface area contributed by atoms with Gasteiger partial charge in [0.05, 0.1) is 12.8 Å². The van der Waals surface area contributed by atoms with Gasteiger partial charge in [-0.2, -0.15) is 4.73 Å². The molecule has 0 saturated carbocycles. The van der Waals surface area contributed by atoms with E-state index in [2.05, 4.69) is 10.3 Å². The lowest BCUT2D eigenvalue weighted by Gasteiger charge is -2.19. The molecule has 0 saturated heterocycles. The van der Waals surface area contributed by atoms with E-state index in [9.17, 15) is 15.1 Å². The number of nitrogens with one attached hydrogen (secondary N) is 2. The minimum Gasteiger partial charge on any atom is -0.494 e. The van der Waals surface area contributed by atoms with E-state index >= 15 is 0 Å². The Morgan fingerprint density at radius 3 is 2.53 bits per heavy atom. The number of rotatable bonds is 8. The van der Waals surface area contributed by atoms with Gasteiger partial charge in [0, 0.05) is 16.8 Å². The van der Waals surface area contributed by atoms with E-state index in [0.717, 1.165) is 4.73 Å². The molecule has 1 aromatic heterocycles. The van der Waals surface area contributed by atoms with Crippen molar-refractivity contribution in [2.24, 2.45) is 5.73 Å². The van der Waals surface area contributed by atoms with Crippen molar-refractivity contribution in [1.29, 1.82) is 5.41 Å². The van der Waals surface area contributed by atoms with Crippen LogP contribution in [0, 0.1) is 12.3 Å². The van der Waals surface area contributed by atoms with E-state index in [1.807, 2.05) is 6.92 Å². The standard InChI is InChI=1S/C21H23N5O4/c1-3-30-17-9-14(18-11-24-12(2)26(18)29)8-15(10-17)19(21(27)28)25-16-6-4-13(5-7-16)20(22)23/h4-11,19,25,29H,3H2,1-2H3,(H3,22,23)(H,27,28). The number of nitrogens with two attached hydrogens (primary N) is 1. The van der Waals surface area contributed by atoms with Gasteiger partial charge >= 0.3 is 5.97 Å². The normalized spacial score (nSPS) is 11.7. The lowest BCUT2D eigenvalue weighted by Crippen LogP contribution is -2.21. The summed E-state index contributed by atoms with van der Waals surface area (Å²) in [6, 6.07) is 10.5. The number of anilines is 1. The molecule has 6 N–H and O–H groups in total. The van der Waals surface area contributed by atoms with E-state index in [4.69, 9.17) is 15.9 Å². The first-order valence-electron chi connectivity index (χ1n) is 9.25. The summed E-state index contributed by atoms with van der Waals surface area (Å²) >= 11 is 0. The predicted molar refractivity (Wildman–Crippen MR) is 112 cm³/mol. The van der Waals surface area contributed by atoms with Gasteiger partial charge in [-0.15, -0.1) is 0 Å². The van der Waals surface area contributed by atoms with Gasteiger partial charge in [0.25, 0.3) is 0 Å². The Hall–Kier alpha value is -4.01. The summed E-state index contributed by atoms with van der Waals surface area (Å²) < 4.78 is 6.55. The number of benzene rings is 2. The molecular formula is C21H23N5O4. The number of imidazole rings is 1. The number of ether oxygens (including phenoxy) is 1. The van der Waals surface area contributed by atoms with Crippen LogP contribution in [0.4, 0.5) is 5.69 Å². The highest BCUT2D eigenvalue weighted by Crippen LogP contribution is 2.31. The Balaban J connectivity index is 2.01. The van der Waals surface area contributed by atoms with Crippen LogP contribution in [0.3, 0.4) is 0 Å². The minimum atomic E-state index is -1.08. The lowest BCUT2D eigenvalue weighted by molar-refractivity contribution is -0.138. The molecule has 0 aliphatic carbocycles. The van der Waals surface area contributed by atoms with Crippen LogP contribution in [-0.4, -0.2) is 38.4 Å². The Labute approximate surface area is 173 Å². The number of hydrogen-bond acceptors (Lipinski definition) is 6. The molecular weight excluding hydrogens is 386 g/mol. The second-order valence-corrected chi connectivity index (χ2v) is 6.63. The van der Waals surface area contributed by atoms with Crippen molar-refractivity contribution in [3.63, 3.8) is 0 Å². The predicted octanol–water partition coefficient (Wildman–Crippen LogP) is 3.02. The number of hydrogen-bond donors (Lipinski definition) is 5. The molecule has 3 rings (SSSR count). The second-order valence-electron chi connectivity index (χ2n) is 6.63. The second kappa shape index (κ2) is 8.56. The maximum absolute atomic E-state index is 12.0. The van der Waals surface area contributed by atoms with E-state index in [1.54, 1.807) is 49.4 Å². The first-order chi connectivity index (χ1) is 14.3. The first kappa shape index (κ1) is 20.7. The van der Waals surface area contributed by atoms with E-state index in [0.29, 0.717) is 46.3 Å². The van der Waals surface area contributed by atoms with Gasteiger partial charge in [0.15, 0.2) is 6.04 Å². The molecule has 0 aliphatic heterocycles. The number of carbonyl (C=O) groups is 1. The fourth-order valence-corrected chi connectivity index (χ4v) is 3.02. The van der Waals surface area contributed by atoms with Crippen LogP contribution in [0.2, 0.25) is 0 Å².